The number of anilines is 2. The van der Waals surface area contributed by atoms with Crippen LogP contribution < -0.4 is 14.8 Å². The van der Waals surface area contributed by atoms with Crippen molar-refractivity contribution >= 4 is 38.6 Å². The van der Waals surface area contributed by atoms with Crippen LogP contribution in [0.3, 0.4) is 0 Å². The molecule has 1 heterocycles. The maximum atomic E-state index is 12.5. The zero-order valence-corrected chi connectivity index (χ0v) is 20.0. The summed E-state index contributed by atoms with van der Waals surface area (Å²) in [5, 5.41) is 5.48. The lowest BCUT2D eigenvalue weighted by atomic mass is 10.1. The second-order valence-electron chi connectivity index (χ2n) is 7.46. The fraction of sp³-hybridized carbons (Fsp3) is 0.304. The van der Waals surface area contributed by atoms with Crippen LogP contribution in [0.2, 0.25) is 0 Å². The van der Waals surface area contributed by atoms with Crippen LogP contribution >= 0.6 is 11.3 Å². The van der Waals surface area contributed by atoms with Crippen LogP contribution in [0.25, 0.3) is 0 Å². The van der Waals surface area contributed by atoms with Crippen molar-refractivity contribution in [1.82, 2.24) is 4.98 Å². The number of hydrogen-bond acceptors (Lipinski definition) is 6. The molecule has 0 aliphatic rings. The highest BCUT2D eigenvalue weighted by molar-refractivity contribution is 7.92. The van der Waals surface area contributed by atoms with E-state index in [1.807, 2.05) is 36.6 Å². The number of nitrogens with one attached hydrogen (secondary N) is 2. The Bertz CT molecular complexity index is 1170. The molecule has 32 heavy (non-hydrogen) atoms. The summed E-state index contributed by atoms with van der Waals surface area (Å²) in [4.78, 5) is 17.0. The van der Waals surface area contributed by atoms with Crippen LogP contribution in [-0.2, 0) is 27.8 Å². The molecule has 1 aromatic heterocycles. The first kappa shape index (κ1) is 23.7. The molecule has 9 heteroatoms. The largest absolute Gasteiger partial charge is 0.486 e. The van der Waals surface area contributed by atoms with E-state index in [2.05, 4.69) is 15.0 Å². The molecule has 0 bridgehead atoms. The van der Waals surface area contributed by atoms with Crippen molar-refractivity contribution < 1.29 is 17.9 Å². The van der Waals surface area contributed by atoms with Gasteiger partial charge in [0.2, 0.25) is 15.9 Å². The molecule has 2 aromatic carbocycles. The molecule has 0 aliphatic carbocycles. The van der Waals surface area contributed by atoms with E-state index < -0.39 is 10.0 Å². The fourth-order valence-corrected chi connectivity index (χ4v) is 4.90. The molecular formula is C23H27N3O4S2. The minimum absolute atomic E-state index is 0.0445. The summed E-state index contributed by atoms with van der Waals surface area (Å²) >= 11 is 1.44. The molecule has 0 saturated carbocycles. The summed E-state index contributed by atoms with van der Waals surface area (Å²) in [5.74, 6) is 0.594. The van der Waals surface area contributed by atoms with Gasteiger partial charge in [-0.2, -0.15) is 0 Å². The lowest BCUT2D eigenvalue weighted by Gasteiger charge is -2.14. The molecule has 0 atom stereocenters. The molecule has 0 spiro atoms. The third-order valence-electron chi connectivity index (χ3n) is 4.67. The van der Waals surface area contributed by atoms with E-state index in [4.69, 9.17) is 4.74 Å². The molecular weight excluding hydrogens is 446 g/mol. The second kappa shape index (κ2) is 10.6. The SMILES string of the molecule is CCCS(=O)(=O)Nc1cccc(NC(=O)Cc2csc(COc3ccc(C)cc3)n2)c1C. The fourth-order valence-electron chi connectivity index (χ4n) is 3.00. The van der Waals surface area contributed by atoms with Gasteiger partial charge in [-0.1, -0.05) is 30.7 Å². The van der Waals surface area contributed by atoms with Crippen molar-refractivity contribution in [2.45, 2.75) is 40.2 Å². The zero-order valence-electron chi connectivity index (χ0n) is 18.3. The van der Waals surface area contributed by atoms with Gasteiger partial charge in [-0.15, -0.1) is 11.3 Å². The van der Waals surface area contributed by atoms with E-state index in [1.54, 1.807) is 32.0 Å². The van der Waals surface area contributed by atoms with Gasteiger partial charge in [0.15, 0.2) is 0 Å². The number of thiazole rings is 1. The van der Waals surface area contributed by atoms with Gasteiger partial charge in [0.05, 0.1) is 23.6 Å². The van der Waals surface area contributed by atoms with Gasteiger partial charge in [0.25, 0.3) is 0 Å². The van der Waals surface area contributed by atoms with E-state index in [-0.39, 0.29) is 18.1 Å². The predicted octanol–water partition coefficient (Wildman–Crippen LogP) is 4.67. The third-order valence-corrected chi connectivity index (χ3v) is 7.02. The molecule has 0 radical (unpaired) electrons. The Morgan fingerprint density at radius 3 is 2.53 bits per heavy atom. The summed E-state index contributed by atoms with van der Waals surface area (Å²) in [5.41, 5.74) is 3.50. The van der Waals surface area contributed by atoms with Gasteiger partial charge in [-0.05, 0) is 50.1 Å². The number of carbonyl (C=O) groups is 1. The Morgan fingerprint density at radius 1 is 1.09 bits per heavy atom. The molecule has 0 saturated heterocycles. The highest BCUT2D eigenvalue weighted by Crippen LogP contribution is 2.25. The molecule has 2 N–H and O–H groups in total. The van der Waals surface area contributed by atoms with Gasteiger partial charge in [-0.25, -0.2) is 13.4 Å². The van der Waals surface area contributed by atoms with Crippen LogP contribution in [-0.4, -0.2) is 25.1 Å². The molecule has 3 aromatic rings. The van der Waals surface area contributed by atoms with E-state index in [0.29, 0.717) is 35.7 Å². The maximum absolute atomic E-state index is 12.5. The average molecular weight is 474 g/mol. The summed E-state index contributed by atoms with van der Waals surface area (Å²) in [6.07, 6.45) is 0.642. The van der Waals surface area contributed by atoms with Crippen molar-refractivity contribution in [3.05, 3.63) is 69.7 Å². The number of benzene rings is 2. The topological polar surface area (TPSA) is 97.4 Å². The van der Waals surface area contributed by atoms with Crippen LogP contribution in [0.1, 0.15) is 35.2 Å². The smallest absolute Gasteiger partial charge is 0.232 e. The van der Waals surface area contributed by atoms with E-state index in [1.165, 1.54) is 16.9 Å². The number of sulfonamides is 1. The summed E-state index contributed by atoms with van der Waals surface area (Å²) in [6, 6.07) is 12.9. The van der Waals surface area contributed by atoms with Crippen LogP contribution in [0.4, 0.5) is 11.4 Å². The van der Waals surface area contributed by atoms with Gasteiger partial charge < -0.3 is 10.1 Å². The van der Waals surface area contributed by atoms with Crippen molar-refractivity contribution in [2.75, 3.05) is 15.8 Å². The van der Waals surface area contributed by atoms with Gasteiger partial charge in [-0.3, -0.25) is 9.52 Å². The number of aryl methyl sites for hydroxylation is 1. The molecule has 7 nitrogen and oxygen atoms in total. The van der Waals surface area contributed by atoms with Crippen molar-refractivity contribution in [1.29, 1.82) is 0 Å². The third kappa shape index (κ3) is 6.80. The van der Waals surface area contributed by atoms with Gasteiger partial charge >= 0.3 is 0 Å². The molecule has 0 unspecified atom stereocenters. The van der Waals surface area contributed by atoms with E-state index in [9.17, 15) is 13.2 Å². The number of nitrogens with zero attached hydrogens (tertiary/aromatic N) is 1. The van der Waals surface area contributed by atoms with Crippen molar-refractivity contribution in [3.63, 3.8) is 0 Å². The zero-order chi connectivity index (χ0) is 23.1. The van der Waals surface area contributed by atoms with Gasteiger partial charge in [0, 0.05) is 11.1 Å². The van der Waals surface area contributed by atoms with Crippen LogP contribution in [0.15, 0.2) is 47.8 Å². The lowest BCUT2D eigenvalue weighted by molar-refractivity contribution is -0.115. The van der Waals surface area contributed by atoms with Crippen molar-refractivity contribution in [2.24, 2.45) is 0 Å². The molecule has 0 aliphatic heterocycles. The Balaban J connectivity index is 1.58. The number of rotatable bonds is 10. The first-order chi connectivity index (χ1) is 15.3. The number of aromatic nitrogens is 1. The first-order valence-corrected chi connectivity index (χ1v) is 12.8. The highest BCUT2D eigenvalue weighted by Gasteiger charge is 2.14. The predicted molar refractivity (Wildman–Crippen MR) is 129 cm³/mol. The first-order valence-electron chi connectivity index (χ1n) is 10.3. The monoisotopic (exact) mass is 473 g/mol. The second-order valence-corrected chi connectivity index (χ2v) is 10.2. The Morgan fingerprint density at radius 2 is 1.81 bits per heavy atom. The normalized spacial score (nSPS) is 11.2. The molecule has 0 fully saturated rings. The Kier molecular flexibility index (Phi) is 7.87. The minimum atomic E-state index is -3.41. The molecule has 170 valence electrons. The summed E-state index contributed by atoms with van der Waals surface area (Å²) in [6.45, 7) is 5.93. The summed E-state index contributed by atoms with van der Waals surface area (Å²) in [7, 11) is -3.41. The van der Waals surface area contributed by atoms with Crippen molar-refractivity contribution in [3.8, 4) is 5.75 Å². The molecule has 3 rings (SSSR count). The quantitative estimate of drug-likeness (QED) is 0.446. The standard InChI is InChI=1S/C23H27N3O4S2/c1-4-12-32(28,29)26-21-7-5-6-20(17(21)3)25-22(27)13-18-15-31-23(24-18)14-30-19-10-8-16(2)9-11-19/h5-11,15,26H,4,12-14H2,1-3H3,(H,25,27). The average Bonchev–Trinajstić information content (AvgIpc) is 3.17. The maximum Gasteiger partial charge on any atom is 0.232 e. The van der Waals surface area contributed by atoms with Crippen LogP contribution in [0, 0.1) is 13.8 Å². The van der Waals surface area contributed by atoms with E-state index >= 15 is 0 Å². The lowest BCUT2D eigenvalue weighted by Crippen LogP contribution is -2.18. The highest BCUT2D eigenvalue weighted by atomic mass is 32.2. The Hall–Kier alpha value is -2.91. The Labute approximate surface area is 192 Å². The minimum Gasteiger partial charge on any atom is -0.486 e. The van der Waals surface area contributed by atoms with E-state index in [0.717, 1.165) is 10.8 Å². The summed E-state index contributed by atoms with van der Waals surface area (Å²) < 4.78 is 32.5. The number of ether oxygens (including phenoxy) is 1. The van der Waals surface area contributed by atoms with Gasteiger partial charge in [0.1, 0.15) is 17.4 Å². The van der Waals surface area contributed by atoms with Crippen LogP contribution in [0.5, 0.6) is 5.75 Å². The number of carbonyl (C=O) groups excluding carboxylic acids is 1. The molecule has 1 amide bonds. The number of hydrogen-bond donors (Lipinski definition) is 2. The number of amides is 1.